The first-order chi connectivity index (χ1) is 13.4. The number of benzene rings is 2. The van der Waals surface area contributed by atoms with Crippen LogP contribution in [0.5, 0.6) is 5.75 Å². The summed E-state index contributed by atoms with van der Waals surface area (Å²) in [5.41, 5.74) is 1.56. The zero-order valence-electron chi connectivity index (χ0n) is 15.5. The predicted octanol–water partition coefficient (Wildman–Crippen LogP) is 4.11. The number of ketones is 1. The molecule has 0 unspecified atom stereocenters. The number of carbonyl (C=O) groups is 1. The fraction of sp³-hybridized carbons (Fsp3) is 0.143. The Morgan fingerprint density at radius 3 is 2.64 bits per heavy atom. The summed E-state index contributed by atoms with van der Waals surface area (Å²) in [5, 5.41) is 11.0. The van der Waals surface area contributed by atoms with Gasteiger partial charge < -0.3 is 9.30 Å². The molecule has 0 bridgehead atoms. The van der Waals surface area contributed by atoms with Gasteiger partial charge in [-0.05, 0) is 30.7 Å². The lowest BCUT2D eigenvalue weighted by Crippen LogP contribution is -2.02. The van der Waals surface area contributed by atoms with Crippen LogP contribution in [-0.4, -0.2) is 20.3 Å². The third-order valence-electron chi connectivity index (χ3n) is 4.29. The van der Waals surface area contributed by atoms with Crippen LogP contribution >= 0.6 is 0 Å². The minimum absolute atomic E-state index is 0.0616. The molecule has 0 saturated heterocycles. The van der Waals surface area contributed by atoms with E-state index in [0.717, 1.165) is 11.4 Å². The molecule has 0 aliphatic heterocycles. The smallest absolute Gasteiger partial charge is 0.273 e. The van der Waals surface area contributed by atoms with E-state index in [-0.39, 0.29) is 17.0 Å². The van der Waals surface area contributed by atoms with Crippen LogP contribution in [0.3, 0.4) is 0 Å². The molecule has 0 saturated carbocycles. The molecule has 1 aromatic heterocycles. The highest BCUT2D eigenvalue weighted by molar-refractivity contribution is 6.07. The van der Waals surface area contributed by atoms with Crippen LogP contribution in [0.15, 0.2) is 60.9 Å². The zero-order chi connectivity index (χ0) is 20.1. The summed E-state index contributed by atoms with van der Waals surface area (Å²) >= 11 is 0. The molecular formula is C21H19N3O4. The minimum atomic E-state index is -0.487. The van der Waals surface area contributed by atoms with Gasteiger partial charge in [-0.15, -0.1) is 0 Å². The van der Waals surface area contributed by atoms with Gasteiger partial charge in [0.25, 0.3) is 5.69 Å². The number of ether oxygens (including phenoxy) is 1. The maximum atomic E-state index is 12.3. The molecule has 28 heavy (non-hydrogen) atoms. The molecule has 0 aliphatic rings. The van der Waals surface area contributed by atoms with E-state index in [1.165, 1.54) is 12.1 Å². The van der Waals surface area contributed by atoms with Crippen molar-refractivity contribution in [3.05, 3.63) is 93.6 Å². The molecule has 2 aromatic carbocycles. The van der Waals surface area contributed by atoms with Gasteiger partial charge in [0.2, 0.25) is 0 Å². The van der Waals surface area contributed by atoms with Crippen molar-refractivity contribution in [1.82, 2.24) is 9.55 Å². The van der Waals surface area contributed by atoms with Crippen molar-refractivity contribution in [1.29, 1.82) is 0 Å². The van der Waals surface area contributed by atoms with Crippen molar-refractivity contribution in [2.24, 2.45) is 7.05 Å². The number of allylic oxidation sites excluding steroid dienone is 1. The lowest BCUT2D eigenvalue weighted by Gasteiger charge is -2.06. The maximum absolute atomic E-state index is 12.3. The van der Waals surface area contributed by atoms with Gasteiger partial charge in [-0.1, -0.05) is 30.3 Å². The molecule has 7 heteroatoms. The van der Waals surface area contributed by atoms with Gasteiger partial charge >= 0.3 is 0 Å². The molecule has 3 aromatic rings. The van der Waals surface area contributed by atoms with E-state index in [2.05, 4.69) is 4.98 Å². The van der Waals surface area contributed by atoms with E-state index >= 15 is 0 Å². The van der Waals surface area contributed by atoms with Gasteiger partial charge in [-0.25, -0.2) is 4.98 Å². The molecule has 0 amide bonds. The number of nitrogens with zero attached hydrogens (tertiary/aromatic N) is 3. The summed E-state index contributed by atoms with van der Waals surface area (Å²) in [6.45, 7) is 2.00. The number of aromatic nitrogens is 2. The van der Waals surface area contributed by atoms with Crippen LogP contribution in [-0.2, 0) is 13.7 Å². The van der Waals surface area contributed by atoms with Crippen molar-refractivity contribution >= 4 is 17.5 Å². The molecule has 0 fully saturated rings. The highest BCUT2D eigenvalue weighted by Gasteiger charge is 2.13. The summed E-state index contributed by atoms with van der Waals surface area (Å²) < 4.78 is 7.58. The van der Waals surface area contributed by atoms with Gasteiger partial charge in [-0.2, -0.15) is 0 Å². The number of rotatable bonds is 7. The normalized spacial score (nSPS) is 10.9. The third-order valence-corrected chi connectivity index (χ3v) is 4.29. The zero-order valence-corrected chi connectivity index (χ0v) is 15.5. The topological polar surface area (TPSA) is 87.3 Å². The summed E-state index contributed by atoms with van der Waals surface area (Å²) in [6, 6.07) is 11.7. The Bertz CT molecular complexity index is 1040. The SMILES string of the molecule is Cc1ccc(C(=O)/C=C/c2ccc(OCc3nccn3C)cc2)cc1[N+](=O)[O-]. The minimum Gasteiger partial charge on any atom is -0.486 e. The average molecular weight is 377 g/mol. The van der Waals surface area contributed by atoms with Crippen LogP contribution in [0.25, 0.3) is 6.08 Å². The van der Waals surface area contributed by atoms with Crippen LogP contribution in [0.4, 0.5) is 5.69 Å². The molecule has 1 heterocycles. The molecule has 0 aliphatic carbocycles. The van der Waals surface area contributed by atoms with Crippen LogP contribution in [0.1, 0.15) is 27.3 Å². The van der Waals surface area contributed by atoms with Crippen LogP contribution in [0, 0.1) is 17.0 Å². The molecule has 7 nitrogen and oxygen atoms in total. The monoisotopic (exact) mass is 377 g/mol. The highest BCUT2D eigenvalue weighted by Crippen LogP contribution is 2.20. The van der Waals surface area contributed by atoms with E-state index in [1.807, 2.05) is 42.1 Å². The van der Waals surface area contributed by atoms with Gasteiger partial charge in [0, 0.05) is 36.6 Å². The first kappa shape index (κ1) is 19.0. The maximum Gasteiger partial charge on any atom is 0.273 e. The Labute approximate surface area is 162 Å². The number of imidazole rings is 1. The molecule has 142 valence electrons. The van der Waals surface area contributed by atoms with Crippen molar-refractivity contribution in [2.75, 3.05) is 0 Å². The number of hydrogen-bond acceptors (Lipinski definition) is 5. The van der Waals surface area contributed by atoms with E-state index < -0.39 is 4.92 Å². The van der Waals surface area contributed by atoms with Gasteiger partial charge in [0.1, 0.15) is 18.2 Å². The Morgan fingerprint density at radius 2 is 2.00 bits per heavy atom. The summed E-state index contributed by atoms with van der Waals surface area (Å²) in [4.78, 5) is 27.0. The number of nitro benzene ring substituents is 1. The lowest BCUT2D eigenvalue weighted by molar-refractivity contribution is -0.385. The lowest BCUT2D eigenvalue weighted by atomic mass is 10.1. The van der Waals surface area contributed by atoms with Crippen molar-refractivity contribution < 1.29 is 14.5 Å². The van der Waals surface area contributed by atoms with E-state index in [9.17, 15) is 14.9 Å². The molecule has 0 atom stereocenters. The van der Waals surface area contributed by atoms with Crippen molar-refractivity contribution in [3.8, 4) is 5.75 Å². The van der Waals surface area contributed by atoms with Crippen LogP contribution < -0.4 is 4.74 Å². The van der Waals surface area contributed by atoms with Crippen molar-refractivity contribution in [2.45, 2.75) is 13.5 Å². The Balaban J connectivity index is 1.64. The molecule has 0 spiro atoms. The number of hydrogen-bond donors (Lipinski definition) is 0. The second-order valence-corrected chi connectivity index (χ2v) is 6.27. The summed E-state index contributed by atoms with van der Waals surface area (Å²) in [7, 11) is 1.90. The fourth-order valence-electron chi connectivity index (χ4n) is 2.59. The molecule has 0 radical (unpaired) electrons. The first-order valence-corrected chi connectivity index (χ1v) is 8.60. The molecule has 0 N–H and O–H groups in total. The summed E-state index contributed by atoms with van der Waals surface area (Å²) in [5.74, 6) is 1.22. The predicted molar refractivity (Wildman–Crippen MR) is 105 cm³/mol. The third kappa shape index (κ3) is 4.50. The van der Waals surface area contributed by atoms with Gasteiger partial charge in [-0.3, -0.25) is 14.9 Å². The first-order valence-electron chi connectivity index (χ1n) is 8.60. The largest absolute Gasteiger partial charge is 0.486 e. The number of nitro groups is 1. The molecule has 3 rings (SSSR count). The highest BCUT2D eigenvalue weighted by atomic mass is 16.6. The molecular weight excluding hydrogens is 358 g/mol. The Hall–Kier alpha value is -3.74. The fourth-order valence-corrected chi connectivity index (χ4v) is 2.59. The second kappa shape index (κ2) is 8.30. The average Bonchev–Trinajstić information content (AvgIpc) is 3.10. The van der Waals surface area contributed by atoms with E-state index in [1.54, 1.807) is 31.3 Å². The number of aryl methyl sites for hydroxylation is 2. The quantitative estimate of drug-likeness (QED) is 0.268. The van der Waals surface area contributed by atoms with E-state index in [4.69, 9.17) is 4.74 Å². The Kier molecular flexibility index (Phi) is 5.64. The number of carbonyl (C=O) groups excluding carboxylic acids is 1. The van der Waals surface area contributed by atoms with Crippen molar-refractivity contribution in [3.63, 3.8) is 0 Å². The summed E-state index contributed by atoms with van der Waals surface area (Å²) in [6.07, 6.45) is 6.63. The van der Waals surface area contributed by atoms with Gasteiger partial charge in [0.15, 0.2) is 5.78 Å². The van der Waals surface area contributed by atoms with Crippen LogP contribution in [0.2, 0.25) is 0 Å². The van der Waals surface area contributed by atoms with Gasteiger partial charge in [0.05, 0.1) is 4.92 Å². The Morgan fingerprint density at radius 1 is 1.25 bits per heavy atom. The second-order valence-electron chi connectivity index (χ2n) is 6.27. The standard InChI is InChI=1S/C21H19N3O4/c1-15-3-7-17(13-19(15)24(26)27)20(25)10-6-16-4-8-18(9-5-16)28-14-21-22-11-12-23(21)2/h3-13H,14H2,1-2H3/b10-6+. The van der Waals surface area contributed by atoms with E-state index in [0.29, 0.717) is 17.9 Å².